The second-order valence-corrected chi connectivity index (χ2v) is 3.15. The average Bonchev–Trinajstić information content (AvgIpc) is 2.24. The Kier molecular flexibility index (Phi) is 4.33. The van der Waals surface area contributed by atoms with Crippen molar-refractivity contribution in [3.63, 3.8) is 0 Å². The van der Waals surface area contributed by atoms with Crippen LogP contribution in [-0.2, 0) is 16.5 Å². The highest BCUT2D eigenvalue weighted by Crippen LogP contribution is 2.03. The maximum absolute atomic E-state index is 11.1. The smallest absolute Gasteiger partial charge is 0.250 e. The molecule has 0 aliphatic heterocycles. The summed E-state index contributed by atoms with van der Waals surface area (Å²) in [6, 6.07) is 3.24. The largest absolute Gasteiger partial charge is 0.379 e. The molecule has 84 valence electrons. The summed E-state index contributed by atoms with van der Waals surface area (Å²) in [7, 11) is 4.87. The summed E-state index contributed by atoms with van der Waals surface area (Å²) in [4.78, 5) is 11.1. The second kappa shape index (κ2) is 5.53. The molecule has 0 aliphatic carbocycles. The van der Waals surface area contributed by atoms with Crippen LogP contribution in [0.15, 0.2) is 23.1 Å². The van der Waals surface area contributed by atoms with Crippen LogP contribution in [0.5, 0.6) is 0 Å². The van der Waals surface area contributed by atoms with Gasteiger partial charge in [-0.05, 0) is 6.07 Å². The highest BCUT2D eigenvalue weighted by Gasteiger charge is 2.04. The molecule has 0 saturated heterocycles. The Hall–Kier alpha value is -1.33. The molecule has 1 aromatic rings. The van der Waals surface area contributed by atoms with Crippen molar-refractivity contribution < 1.29 is 9.47 Å². The fraction of sp³-hybridized carbons (Fsp3) is 0.500. The molecule has 0 aliphatic rings. The Morgan fingerprint density at radius 2 is 2.07 bits per heavy atom. The van der Waals surface area contributed by atoms with E-state index in [1.807, 2.05) is 0 Å². The summed E-state index contributed by atoms with van der Waals surface area (Å²) < 4.78 is 11.6. The zero-order chi connectivity index (χ0) is 11.3. The van der Waals surface area contributed by atoms with Crippen molar-refractivity contribution in [2.75, 3.05) is 26.1 Å². The summed E-state index contributed by atoms with van der Waals surface area (Å²) in [5.41, 5.74) is 0.826. The van der Waals surface area contributed by atoms with E-state index in [1.165, 1.54) is 10.6 Å². The van der Waals surface area contributed by atoms with Crippen molar-refractivity contribution in [3.8, 4) is 0 Å². The van der Waals surface area contributed by atoms with E-state index in [9.17, 15) is 4.79 Å². The summed E-state index contributed by atoms with van der Waals surface area (Å²) in [6.07, 6.45) is 1.44. The number of rotatable bonds is 5. The van der Waals surface area contributed by atoms with Crippen molar-refractivity contribution in [1.82, 2.24) is 4.57 Å². The SMILES string of the molecule is COC(CNc1ccc(=O)n(C)c1)OC. The first-order valence-electron chi connectivity index (χ1n) is 4.63. The first-order valence-corrected chi connectivity index (χ1v) is 4.63. The lowest BCUT2D eigenvalue weighted by atomic mass is 10.4. The number of ether oxygens (including phenoxy) is 2. The predicted octanol–water partition coefficient (Wildman–Crippen LogP) is 0.416. The van der Waals surface area contributed by atoms with Crippen LogP contribution in [0.1, 0.15) is 0 Å². The van der Waals surface area contributed by atoms with E-state index >= 15 is 0 Å². The summed E-state index contributed by atoms with van der Waals surface area (Å²) in [5, 5.41) is 3.10. The summed E-state index contributed by atoms with van der Waals surface area (Å²) in [5.74, 6) is 0. The van der Waals surface area contributed by atoms with Gasteiger partial charge in [0.15, 0.2) is 6.29 Å². The van der Waals surface area contributed by atoms with Crippen LogP contribution < -0.4 is 10.9 Å². The minimum atomic E-state index is -0.290. The van der Waals surface area contributed by atoms with Gasteiger partial charge in [0.2, 0.25) is 5.56 Å². The van der Waals surface area contributed by atoms with Crippen molar-refractivity contribution >= 4 is 5.69 Å². The Morgan fingerprint density at radius 3 is 2.60 bits per heavy atom. The number of pyridine rings is 1. The van der Waals surface area contributed by atoms with Gasteiger partial charge in [0, 0.05) is 33.5 Å². The summed E-state index contributed by atoms with van der Waals surface area (Å²) in [6.45, 7) is 0.533. The van der Waals surface area contributed by atoms with Gasteiger partial charge in [0.05, 0.1) is 12.2 Å². The van der Waals surface area contributed by atoms with E-state index in [2.05, 4.69) is 5.32 Å². The minimum absolute atomic E-state index is 0.0319. The Balaban J connectivity index is 2.58. The molecule has 0 saturated carbocycles. The normalized spacial score (nSPS) is 10.7. The third-order valence-corrected chi connectivity index (χ3v) is 2.08. The van der Waals surface area contributed by atoms with Gasteiger partial charge in [0.1, 0.15) is 0 Å². The number of methoxy groups -OCH3 is 2. The molecule has 0 fully saturated rings. The number of nitrogens with zero attached hydrogens (tertiary/aromatic N) is 1. The molecule has 1 aromatic heterocycles. The van der Waals surface area contributed by atoms with Crippen LogP contribution in [0, 0.1) is 0 Å². The molecule has 5 nitrogen and oxygen atoms in total. The molecule has 1 heterocycles. The third-order valence-electron chi connectivity index (χ3n) is 2.08. The predicted molar refractivity (Wildman–Crippen MR) is 58.0 cm³/mol. The van der Waals surface area contributed by atoms with Gasteiger partial charge < -0.3 is 19.4 Å². The number of nitrogens with one attached hydrogen (secondary N) is 1. The van der Waals surface area contributed by atoms with Crippen LogP contribution in [0.4, 0.5) is 5.69 Å². The molecular formula is C10H16N2O3. The number of hydrogen-bond acceptors (Lipinski definition) is 4. The molecular weight excluding hydrogens is 196 g/mol. The Labute approximate surface area is 88.6 Å². The van der Waals surface area contributed by atoms with Crippen LogP contribution >= 0.6 is 0 Å². The van der Waals surface area contributed by atoms with Crippen LogP contribution in [0.25, 0.3) is 0 Å². The lowest BCUT2D eigenvalue weighted by Gasteiger charge is -2.15. The highest BCUT2D eigenvalue weighted by atomic mass is 16.7. The Morgan fingerprint density at radius 1 is 1.40 bits per heavy atom. The van der Waals surface area contributed by atoms with E-state index in [0.29, 0.717) is 6.54 Å². The van der Waals surface area contributed by atoms with E-state index < -0.39 is 0 Å². The Bertz CT molecular complexity index is 358. The molecule has 0 aromatic carbocycles. The van der Waals surface area contributed by atoms with Crippen LogP contribution in [0.3, 0.4) is 0 Å². The molecule has 0 unspecified atom stereocenters. The van der Waals surface area contributed by atoms with Crippen molar-refractivity contribution in [2.24, 2.45) is 7.05 Å². The molecule has 0 amide bonds. The maximum atomic E-state index is 11.1. The zero-order valence-corrected chi connectivity index (χ0v) is 9.19. The second-order valence-electron chi connectivity index (χ2n) is 3.15. The zero-order valence-electron chi connectivity index (χ0n) is 9.19. The topological polar surface area (TPSA) is 52.5 Å². The van der Waals surface area contributed by atoms with Gasteiger partial charge in [0.25, 0.3) is 0 Å². The van der Waals surface area contributed by atoms with Gasteiger partial charge in [-0.2, -0.15) is 0 Å². The van der Waals surface area contributed by atoms with E-state index in [0.717, 1.165) is 5.69 Å². The first-order chi connectivity index (χ1) is 7.17. The monoisotopic (exact) mass is 212 g/mol. The number of anilines is 1. The van der Waals surface area contributed by atoms with Crippen molar-refractivity contribution in [1.29, 1.82) is 0 Å². The molecule has 1 N–H and O–H groups in total. The molecule has 15 heavy (non-hydrogen) atoms. The lowest BCUT2D eigenvalue weighted by Crippen LogP contribution is -2.24. The van der Waals surface area contributed by atoms with Gasteiger partial charge in [-0.3, -0.25) is 4.79 Å². The van der Waals surface area contributed by atoms with E-state index in [1.54, 1.807) is 33.5 Å². The van der Waals surface area contributed by atoms with Gasteiger partial charge in [-0.1, -0.05) is 0 Å². The fourth-order valence-corrected chi connectivity index (χ4v) is 1.16. The quantitative estimate of drug-likeness (QED) is 0.718. The lowest BCUT2D eigenvalue weighted by molar-refractivity contribution is -0.0914. The third kappa shape index (κ3) is 3.38. The van der Waals surface area contributed by atoms with Crippen LogP contribution in [0.2, 0.25) is 0 Å². The van der Waals surface area contributed by atoms with Crippen LogP contribution in [-0.4, -0.2) is 31.6 Å². The molecule has 0 atom stereocenters. The highest BCUT2D eigenvalue weighted by molar-refractivity contribution is 5.40. The van der Waals surface area contributed by atoms with E-state index in [-0.39, 0.29) is 11.8 Å². The van der Waals surface area contributed by atoms with Crippen molar-refractivity contribution in [3.05, 3.63) is 28.7 Å². The molecule has 0 bridgehead atoms. The average molecular weight is 212 g/mol. The number of aromatic nitrogens is 1. The van der Waals surface area contributed by atoms with E-state index in [4.69, 9.17) is 9.47 Å². The van der Waals surface area contributed by atoms with Crippen molar-refractivity contribution in [2.45, 2.75) is 6.29 Å². The number of aryl methyl sites for hydroxylation is 1. The van der Waals surface area contributed by atoms with Gasteiger partial charge >= 0.3 is 0 Å². The van der Waals surface area contributed by atoms with Gasteiger partial charge in [-0.25, -0.2) is 0 Å². The standard InChI is InChI=1S/C10H16N2O3/c1-12-7-8(4-5-9(12)13)11-6-10(14-2)15-3/h4-5,7,10-11H,6H2,1-3H3. The summed E-state index contributed by atoms with van der Waals surface area (Å²) >= 11 is 0. The minimum Gasteiger partial charge on any atom is -0.379 e. The molecule has 5 heteroatoms. The molecule has 0 spiro atoms. The number of hydrogen-bond donors (Lipinski definition) is 1. The molecule has 1 rings (SSSR count). The fourth-order valence-electron chi connectivity index (χ4n) is 1.16. The first kappa shape index (κ1) is 11.7. The maximum Gasteiger partial charge on any atom is 0.250 e. The molecule has 0 radical (unpaired) electrons. The van der Waals surface area contributed by atoms with Gasteiger partial charge in [-0.15, -0.1) is 0 Å².